The zero-order chi connectivity index (χ0) is 17.0. The number of benzene rings is 1. The number of nitrogen functional groups attached to an aromatic ring is 1. The highest BCUT2D eigenvalue weighted by atomic mass is 16.5. The van der Waals surface area contributed by atoms with Gasteiger partial charge in [0.05, 0.1) is 45.8 Å². The van der Waals surface area contributed by atoms with E-state index in [2.05, 4.69) is 17.2 Å². The van der Waals surface area contributed by atoms with Crippen LogP contribution in [-0.4, -0.2) is 54.6 Å². The van der Waals surface area contributed by atoms with E-state index in [4.69, 9.17) is 19.9 Å². The molecule has 0 bridgehead atoms. The van der Waals surface area contributed by atoms with E-state index in [1.807, 2.05) is 30.5 Å². The van der Waals surface area contributed by atoms with Crippen LogP contribution in [0.25, 0.3) is 11.3 Å². The molecule has 7 nitrogen and oxygen atoms in total. The van der Waals surface area contributed by atoms with Gasteiger partial charge in [0.25, 0.3) is 0 Å². The molecule has 0 spiro atoms. The van der Waals surface area contributed by atoms with Gasteiger partial charge in [-0.3, -0.25) is 0 Å². The van der Waals surface area contributed by atoms with E-state index in [-0.39, 0.29) is 0 Å². The molecule has 0 fully saturated rings. The van der Waals surface area contributed by atoms with Crippen molar-refractivity contribution in [3.63, 3.8) is 0 Å². The first-order valence-corrected chi connectivity index (χ1v) is 8.29. The number of ether oxygens (including phenoxy) is 3. The maximum atomic E-state index is 5.68. The molecular weight excluding hydrogens is 308 g/mol. The van der Waals surface area contributed by atoms with Crippen molar-refractivity contribution in [1.29, 1.82) is 0 Å². The van der Waals surface area contributed by atoms with Crippen molar-refractivity contribution in [2.24, 2.45) is 0 Å². The predicted molar refractivity (Wildman–Crippen MR) is 92.6 cm³/mol. The van der Waals surface area contributed by atoms with Crippen LogP contribution in [0, 0.1) is 0 Å². The monoisotopic (exact) mass is 334 g/mol. The number of anilines is 1. The van der Waals surface area contributed by atoms with E-state index in [1.54, 1.807) is 4.68 Å². The topological polar surface area (TPSA) is 84.4 Å². The molecule has 0 unspecified atom stereocenters. The van der Waals surface area contributed by atoms with Crippen LogP contribution < -0.4 is 5.73 Å². The predicted octanol–water partition coefficient (Wildman–Crippen LogP) is 1.99. The Balaban J connectivity index is 1.56. The molecule has 1 heterocycles. The van der Waals surface area contributed by atoms with Gasteiger partial charge >= 0.3 is 0 Å². The summed E-state index contributed by atoms with van der Waals surface area (Å²) >= 11 is 0. The largest absolute Gasteiger partial charge is 0.399 e. The molecule has 132 valence electrons. The zero-order valence-corrected chi connectivity index (χ0v) is 14.2. The SMILES string of the molecule is CCCOCCOCCOCCn1cc(-c2ccc(N)cc2)nn1. The minimum absolute atomic E-state index is 0.563. The van der Waals surface area contributed by atoms with Crippen LogP contribution in [0.3, 0.4) is 0 Å². The second-order valence-electron chi connectivity index (χ2n) is 5.33. The summed E-state index contributed by atoms with van der Waals surface area (Å²) in [6.07, 6.45) is 2.93. The molecule has 0 saturated heterocycles. The van der Waals surface area contributed by atoms with Crippen LogP contribution in [0.5, 0.6) is 0 Å². The van der Waals surface area contributed by atoms with Gasteiger partial charge in [0.2, 0.25) is 0 Å². The molecule has 0 aliphatic heterocycles. The lowest BCUT2D eigenvalue weighted by Gasteiger charge is -2.06. The molecular formula is C17H26N4O3. The lowest BCUT2D eigenvalue weighted by atomic mass is 10.1. The summed E-state index contributed by atoms with van der Waals surface area (Å²) in [4.78, 5) is 0. The van der Waals surface area contributed by atoms with Gasteiger partial charge in [-0.1, -0.05) is 24.3 Å². The second kappa shape index (κ2) is 10.7. The fourth-order valence-electron chi connectivity index (χ4n) is 2.04. The summed E-state index contributed by atoms with van der Waals surface area (Å²) in [7, 11) is 0. The third-order valence-electron chi connectivity index (χ3n) is 3.30. The van der Waals surface area contributed by atoms with Crippen molar-refractivity contribution in [3.8, 4) is 11.3 Å². The highest BCUT2D eigenvalue weighted by molar-refractivity contribution is 5.60. The average molecular weight is 334 g/mol. The summed E-state index contributed by atoms with van der Waals surface area (Å²) in [6, 6.07) is 7.57. The van der Waals surface area contributed by atoms with E-state index < -0.39 is 0 Å². The normalized spacial score (nSPS) is 11.0. The van der Waals surface area contributed by atoms with Crippen LogP contribution in [0.4, 0.5) is 5.69 Å². The Morgan fingerprint density at radius 2 is 1.54 bits per heavy atom. The molecule has 7 heteroatoms. The maximum Gasteiger partial charge on any atom is 0.113 e. The maximum absolute atomic E-state index is 5.68. The minimum atomic E-state index is 0.563. The summed E-state index contributed by atoms with van der Waals surface area (Å²) in [5.74, 6) is 0. The van der Waals surface area contributed by atoms with Crippen molar-refractivity contribution in [2.75, 3.05) is 45.4 Å². The molecule has 0 saturated carbocycles. The first-order chi connectivity index (χ1) is 11.8. The fraction of sp³-hybridized carbons (Fsp3) is 0.529. The summed E-state index contributed by atoms with van der Waals surface area (Å²) in [5, 5.41) is 8.26. The molecule has 0 aliphatic carbocycles. The van der Waals surface area contributed by atoms with Gasteiger partial charge < -0.3 is 19.9 Å². The first-order valence-electron chi connectivity index (χ1n) is 8.29. The van der Waals surface area contributed by atoms with Crippen LogP contribution in [0.15, 0.2) is 30.5 Å². The van der Waals surface area contributed by atoms with Crippen LogP contribution in [-0.2, 0) is 20.8 Å². The zero-order valence-electron chi connectivity index (χ0n) is 14.2. The molecule has 2 aromatic rings. The van der Waals surface area contributed by atoms with E-state index in [1.165, 1.54) is 0 Å². The summed E-state index contributed by atoms with van der Waals surface area (Å²) in [6.45, 7) is 6.48. The lowest BCUT2D eigenvalue weighted by molar-refractivity contribution is 0.0128. The van der Waals surface area contributed by atoms with Crippen molar-refractivity contribution >= 4 is 5.69 Å². The standard InChI is InChI=1S/C17H26N4O3/c1-2-8-22-10-12-24-13-11-23-9-7-21-14-17(19-20-21)15-3-5-16(18)6-4-15/h3-6,14H,2,7-13,18H2,1H3. The number of hydrogen-bond donors (Lipinski definition) is 1. The molecule has 24 heavy (non-hydrogen) atoms. The van der Waals surface area contributed by atoms with E-state index in [0.717, 1.165) is 30.0 Å². The first kappa shape index (κ1) is 18.4. The molecule has 1 aromatic carbocycles. The molecule has 0 aliphatic rings. The average Bonchev–Trinajstić information content (AvgIpc) is 3.06. The molecule has 0 radical (unpaired) electrons. The van der Waals surface area contributed by atoms with Gasteiger partial charge in [-0.05, 0) is 18.6 Å². The van der Waals surface area contributed by atoms with Crippen molar-refractivity contribution in [1.82, 2.24) is 15.0 Å². The van der Waals surface area contributed by atoms with Crippen molar-refractivity contribution in [2.45, 2.75) is 19.9 Å². The Bertz CT molecular complexity index is 571. The van der Waals surface area contributed by atoms with Crippen LogP contribution in [0.1, 0.15) is 13.3 Å². The van der Waals surface area contributed by atoms with Gasteiger partial charge in [-0.25, -0.2) is 4.68 Å². The van der Waals surface area contributed by atoms with Crippen LogP contribution in [0.2, 0.25) is 0 Å². The number of aromatic nitrogens is 3. The van der Waals surface area contributed by atoms with Gasteiger partial charge in [0.1, 0.15) is 5.69 Å². The third kappa shape index (κ3) is 6.66. The third-order valence-corrected chi connectivity index (χ3v) is 3.30. The number of nitrogens with two attached hydrogens (primary N) is 1. The van der Waals surface area contributed by atoms with E-state index >= 15 is 0 Å². The summed E-state index contributed by atoms with van der Waals surface area (Å²) in [5.41, 5.74) is 8.24. The Hall–Kier alpha value is -1.96. The Labute approximate surface area is 142 Å². The quantitative estimate of drug-likeness (QED) is 0.472. The molecule has 0 atom stereocenters. The number of rotatable bonds is 12. The highest BCUT2D eigenvalue weighted by Crippen LogP contribution is 2.17. The van der Waals surface area contributed by atoms with Crippen molar-refractivity contribution < 1.29 is 14.2 Å². The van der Waals surface area contributed by atoms with Gasteiger partial charge in [0, 0.05) is 17.9 Å². The van der Waals surface area contributed by atoms with Gasteiger partial charge in [0.15, 0.2) is 0 Å². The smallest absolute Gasteiger partial charge is 0.113 e. The number of hydrogen-bond acceptors (Lipinski definition) is 6. The molecule has 2 N–H and O–H groups in total. The number of nitrogens with zero attached hydrogens (tertiary/aromatic N) is 3. The van der Waals surface area contributed by atoms with Gasteiger partial charge in [-0.2, -0.15) is 0 Å². The van der Waals surface area contributed by atoms with E-state index in [9.17, 15) is 0 Å². The van der Waals surface area contributed by atoms with Gasteiger partial charge in [-0.15, -0.1) is 5.10 Å². The second-order valence-corrected chi connectivity index (χ2v) is 5.33. The lowest BCUT2D eigenvalue weighted by Crippen LogP contribution is -2.12. The Kier molecular flexibility index (Phi) is 8.23. The molecule has 2 rings (SSSR count). The van der Waals surface area contributed by atoms with Crippen LogP contribution >= 0.6 is 0 Å². The Morgan fingerprint density at radius 1 is 0.917 bits per heavy atom. The van der Waals surface area contributed by atoms with E-state index in [0.29, 0.717) is 39.6 Å². The minimum Gasteiger partial charge on any atom is -0.399 e. The fourth-order valence-corrected chi connectivity index (χ4v) is 2.04. The molecule has 1 aromatic heterocycles. The highest BCUT2D eigenvalue weighted by Gasteiger charge is 2.03. The Morgan fingerprint density at radius 3 is 2.21 bits per heavy atom. The van der Waals surface area contributed by atoms with Crippen molar-refractivity contribution in [3.05, 3.63) is 30.5 Å². The summed E-state index contributed by atoms with van der Waals surface area (Å²) < 4.78 is 18.0. The molecule has 0 amide bonds.